The quantitative estimate of drug-likeness (QED) is 0.577. The molecule has 1 unspecified atom stereocenters. The fourth-order valence-electron chi connectivity index (χ4n) is 0.765. The Hall–Kier alpha value is -0.750. The third kappa shape index (κ3) is 6.41. The smallest absolute Gasteiger partial charge is 0.320 e. The molecule has 0 saturated carbocycles. The minimum absolute atomic E-state index is 0.0160. The molecule has 0 amide bonds. The number of carboxylic acid groups (broad SMARTS) is 1. The Morgan fingerprint density at radius 2 is 2.23 bits per heavy atom. The summed E-state index contributed by atoms with van der Waals surface area (Å²) < 4.78 is 27.6. The van der Waals surface area contributed by atoms with Crippen molar-refractivity contribution in [1.82, 2.24) is 5.32 Å². The van der Waals surface area contributed by atoms with Crippen LogP contribution in [-0.2, 0) is 9.53 Å². The molecule has 78 valence electrons. The number of rotatable bonds is 7. The van der Waals surface area contributed by atoms with E-state index in [2.05, 4.69) is 10.1 Å². The highest BCUT2D eigenvalue weighted by atomic mass is 19.3. The van der Waals surface area contributed by atoms with Crippen molar-refractivity contribution < 1.29 is 23.4 Å². The Morgan fingerprint density at radius 3 is 2.62 bits per heavy atom. The second-order valence-corrected chi connectivity index (χ2v) is 2.43. The van der Waals surface area contributed by atoms with Crippen molar-refractivity contribution in [3.63, 3.8) is 0 Å². The third-order valence-electron chi connectivity index (χ3n) is 1.44. The van der Waals surface area contributed by atoms with Crippen LogP contribution in [0.15, 0.2) is 0 Å². The monoisotopic (exact) mass is 197 g/mol. The number of alkyl halides is 2. The third-order valence-corrected chi connectivity index (χ3v) is 1.44. The van der Waals surface area contributed by atoms with Gasteiger partial charge < -0.3 is 15.2 Å². The average Bonchev–Trinajstić information content (AvgIpc) is 2.03. The van der Waals surface area contributed by atoms with Gasteiger partial charge in [0.05, 0.1) is 0 Å². The van der Waals surface area contributed by atoms with Crippen molar-refractivity contribution >= 4 is 5.97 Å². The maximum atomic E-state index is 11.5. The molecule has 0 aliphatic heterocycles. The van der Waals surface area contributed by atoms with Crippen LogP contribution in [0.4, 0.5) is 8.78 Å². The summed E-state index contributed by atoms with van der Waals surface area (Å²) in [5.74, 6) is -1.01. The predicted molar refractivity (Wildman–Crippen MR) is 41.9 cm³/mol. The standard InChI is InChI=1S/C7H13F2NO3/c1-10-5(7(11)12)2-3-13-4-6(8)9/h5-6,10H,2-4H2,1H3,(H,11,12). The lowest BCUT2D eigenvalue weighted by atomic mass is 10.2. The molecule has 0 fully saturated rings. The average molecular weight is 197 g/mol. The van der Waals surface area contributed by atoms with Gasteiger partial charge in [0.25, 0.3) is 6.43 Å². The van der Waals surface area contributed by atoms with Gasteiger partial charge in [-0.05, 0) is 13.5 Å². The van der Waals surface area contributed by atoms with E-state index in [1.54, 1.807) is 0 Å². The second-order valence-electron chi connectivity index (χ2n) is 2.43. The predicted octanol–water partition coefficient (Wildman–Crippen LogP) is 0.331. The highest BCUT2D eigenvalue weighted by Crippen LogP contribution is 1.96. The zero-order valence-electron chi connectivity index (χ0n) is 7.30. The molecule has 0 aromatic carbocycles. The van der Waals surface area contributed by atoms with E-state index in [0.717, 1.165) is 0 Å². The maximum Gasteiger partial charge on any atom is 0.320 e. The van der Waals surface area contributed by atoms with Crippen molar-refractivity contribution in [2.45, 2.75) is 18.9 Å². The van der Waals surface area contributed by atoms with E-state index in [4.69, 9.17) is 5.11 Å². The number of hydrogen-bond donors (Lipinski definition) is 2. The van der Waals surface area contributed by atoms with Crippen LogP contribution >= 0.6 is 0 Å². The summed E-state index contributed by atoms with van der Waals surface area (Å²) >= 11 is 0. The van der Waals surface area contributed by atoms with Gasteiger partial charge in [-0.15, -0.1) is 0 Å². The Balaban J connectivity index is 3.44. The maximum absolute atomic E-state index is 11.5. The minimum Gasteiger partial charge on any atom is -0.480 e. The van der Waals surface area contributed by atoms with Crippen LogP contribution < -0.4 is 5.32 Å². The first-order chi connectivity index (χ1) is 6.07. The molecule has 0 spiro atoms. The Labute approximate surface area is 74.9 Å². The topological polar surface area (TPSA) is 58.6 Å². The molecule has 0 aromatic rings. The van der Waals surface area contributed by atoms with Crippen LogP contribution in [0, 0.1) is 0 Å². The normalized spacial score (nSPS) is 13.2. The fourth-order valence-corrected chi connectivity index (χ4v) is 0.765. The Kier molecular flexibility index (Phi) is 6.34. The summed E-state index contributed by atoms with van der Waals surface area (Å²) in [4.78, 5) is 10.4. The number of halogens is 2. The van der Waals surface area contributed by atoms with E-state index >= 15 is 0 Å². The Morgan fingerprint density at radius 1 is 1.62 bits per heavy atom. The summed E-state index contributed by atoms with van der Waals surface area (Å²) in [5, 5.41) is 11.0. The van der Waals surface area contributed by atoms with Gasteiger partial charge in [-0.1, -0.05) is 0 Å². The highest BCUT2D eigenvalue weighted by molar-refractivity contribution is 5.73. The van der Waals surface area contributed by atoms with E-state index in [0.29, 0.717) is 0 Å². The van der Waals surface area contributed by atoms with Gasteiger partial charge in [-0.2, -0.15) is 0 Å². The molecular weight excluding hydrogens is 184 g/mol. The molecule has 0 aromatic heterocycles. The van der Waals surface area contributed by atoms with Crippen LogP contribution in [0.3, 0.4) is 0 Å². The van der Waals surface area contributed by atoms with E-state index in [1.807, 2.05) is 0 Å². The molecular formula is C7H13F2NO3. The van der Waals surface area contributed by atoms with E-state index in [-0.39, 0.29) is 13.0 Å². The number of hydrogen-bond acceptors (Lipinski definition) is 3. The summed E-state index contributed by atoms with van der Waals surface area (Å²) in [6, 6.07) is -0.738. The van der Waals surface area contributed by atoms with Gasteiger partial charge in [0.2, 0.25) is 0 Å². The van der Waals surface area contributed by atoms with Crippen molar-refractivity contribution in [3.05, 3.63) is 0 Å². The molecule has 4 nitrogen and oxygen atoms in total. The van der Waals surface area contributed by atoms with Gasteiger partial charge in [0.15, 0.2) is 0 Å². The highest BCUT2D eigenvalue weighted by Gasteiger charge is 2.14. The van der Waals surface area contributed by atoms with Crippen LogP contribution in [0.1, 0.15) is 6.42 Å². The molecule has 0 saturated heterocycles. The number of carboxylic acids is 1. The summed E-state index contributed by atoms with van der Waals surface area (Å²) in [6.45, 7) is -0.627. The minimum atomic E-state index is -2.50. The van der Waals surface area contributed by atoms with Crippen molar-refractivity contribution in [3.8, 4) is 0 Å². The largest absolute Gasteiger partial charge is 0.480 e. The van der Waals surface area contributed by atoms with Gasteiger partial charge in [0, 0.05) is 6.61 Å². The van der Waals surface area contributed by atoms with E-state index < -0.39 is 25.0 Å². The SMILES string of the molecule is CNC(CCOCC(F)F)C(=O)O. The Bertz CT molecular complexity index is 155. The fraction of sp³-hybridized carbons (Fsp3) is 0.857. The lowest BCUT2D eigenvalue weighted by Gasteiger charge is -2.10. The van der Waals surface area contributed by atoms with Gasteiger partial charge in [-0.25, -0.2) is 8.78 Å². The van der Waals surface area contributed by atoms with Crippen LogP contribution in [0.5, 0.6) is 0 Å². The van der Waals surface area contributed by atoms with Crippen molar-refractivity contribution in [2.75, 3.05) is 20.3 Å². The summed E-state index contributed by atoms with van der Waals surface area (Å²) in [5.41, 5.74) is 0. The lowest BCUT2D eigenvalue weighted by molar-refractivity contribution is -0.139. The van der Waals surface area contributed by atoms with E-state index in [1.165, 1.54) is 7.05 Å². The molecule has 0 aliphatic carbocycles. The molecule has 0 rings (SSSR count). The molecule has 2 N–H and O–H groups in total. The molecule has 0 radical (unpaired) electrons. The molecule has 1 atom stereocenters. The number of ether oxygens (including phenoxy) is 1. The summed E-state index contributed by atoms with van der Waals surface area (Å²) in [7, 11) is 1.49. The number of aliphatic carboxylic acids is 1. The molecule has 6 heteroatoms. The lowest BCUT2D eigenvalue weighted by Crippen LogP contribution is -2.34. The van der Waals surface area contributed by atoms with Crippen LogP contribution in [0.25, 0.3) is 0 Å². The summed E-state index contributed by atoms with van der Waals surface area (Å²) in [6.07, 6.45) is -2.32. The van der Waals surface area contributed by atoms with Gasteiger partial charge in [-0.3, -0.25) is 4.79 Å². The van der Waals surface area contributed by atoms with Crippen molar-refractivity contribution in [1.29, 1.82) is 0 Å². The first-order valence-corrected chi connectivity index (χ1v) is 3.84. The second kappa shape index (κ2) is 6.73. The van der Waals surface area contributed by atoms with Crippen LogP contribution in [-0.4, -0.2) is 43.8 Å². The first-order valence-electron chi connectivity index (χ1n) is 3.84. The number of nitrogens with one attached hydrogen (secondary N) is 1. The van der Waals surface area contributed by atoms with Gasteiger partial charge in [0.1, 0.15) is 12.6 Å². The zero-order chi connectivity index (χ0) is 10.3. The zero-order valence-corrected chi connectivity index (χ0v) is 7.30. The molecule has 13 heavy (non-hydrogen) atoms. The van der Waals surface area contributed by atoms with Gasteiger partial charge >= 0.3 is 5.97 Å². The van der Waals surface area contributed by atoms with Crippen LogP contribution in [0.2, 0.25) is 0 Å². The van der Waals surface area contributed by atoms with Crippen molar-refractivity contribution in [2.24, 2.45) is 0 Å². The molecule has 0 bridgehead atoms. The molecule has 0 heterocycles. The number of carbonyl (C=O) groups is 1. The van der Waals surface area contributed by atoms with E-state index in [9.17, 15) is 13.6 Å². The number of likely N-dealkylation sites (N-methyl/N-ethyl adjacent to an activating group) is 1. The first kappa shape index (κ1) is 12.2. The molecule has 0 aliphatic rings.